The van der Waals surface area contributed by atoms with E-state index in [-0.39, 0.29) is 73.1 Å². The molecule has 0 aliphatic rings. The minimum atomic E-state index is -1.12. The van der Waals surface area contributed by atoms with Gasteiger partial charge in [0, 0.05) is 12.2 Å². The van der Waals surface area contributed by atoms with Gasteiger partial charge in [0.25, 0.3) is 0 Å². The van der Waals surface area contributed by atoms with Crippen LogP contribution in [-0.2, 0) is 0 Å². The van der Waals surface area contributed by atoms with Crippen LogP contribution < -0.4 is 64.4 Å². The fraction of sp³-hybridized carbons (Fsp3) is 0.636. The molecule has 0 spiro atoms. The van der Waals surface area contributed by atoms with E-state index in [0.717, 1.165) is 19.4 Å². The van der Waals surface area contributed by atoms with Gasteiger partial charge in [-0.1, -0.05) is 77.6 Å². The van der Waals surface area contributed by atoms with Gasteiger partial charge in [0.15, 0.2) is 0 Å². The Bertz CT molecular complexity index is 560. The molecule has 0 atom stereocenters. The number of rotatable bonds is 16. The van der Waals surface area contributed by atoms with Gasteiger partial charge < -0.3 is 18.4 Å². The molecule has 0 heterocycles. The van der Waals surface area contributed by atoms with Crippen LogP contribution in [0.3, 0.4) is 0 Å². The van der Waals surface area contributed by atoms with Crippen LogP contribution in [0.4, 0.5) is 5.69 Å². The number of hydrogen-bond acceptors (Lipinski definition) is 3. The molecule has 0 aromatic heterocycles. The van der Waals surface area contributed by atoms with E-state index in [2.05, 4.69) is 12.2 Å². The van der Waals surface area contributed by atoms with E-state index in [0.29, 0.717) is 5.69 Å². The maximum Gasteiger partial charge on any atom is 1.00 e. The van der Waals surface area contributed by atoms with Crippen LogP contribution in [0.25, 0.3) is 0 Å². The van der Waals surface area contributed by atoms with Gasteiger partial charge in [-0.05, 0) is 24.6 Å². The third-order valence-electron chi connectivity index (χ3n) is 4.79. The summed E-state index contributed by atoms with van der Waals surface area (Å²) in [4.78, 5) is 22.2. The standard InChI is InChI=1S/C22H35NO4.2Na.2H/c1-2-3-4-5-6-7-8-9-10-11-12-13-14-23-20-16-18(21(24)25)15-19(17-20)22(26)27;;;;/h15-17,23H,2-14H2,1H3,(H,24,25)(H,26,27);;;;/q;2*+1;2*-1. The fourth-order valence-electron chi connectivity index (χ4n) is 3.18. The van der Waals surface area contributed by atoms with E-state index < -0.39 is 11.9 Å². The summed E-state index contributed by atoms with van der Waals surface area (Å²) in [6.07, 6.45) is 15.4. The summed E-state index contributed by atoms with van der Waals surface area (Å²) in [5, 5.41) is 21.3. The second kappa shape index (κ2) is 19.9. The molecular formula is C22H37NNa2O4. The maximum absolute atomic E-state index is 11.1. The molecule has 0 amide bonds. The Labute approximate surface area is 223 Å². The minimum Gasteiger partial charge on any atom is -1.00 e. The number of nitrogens with one attached hydrogen (secondary N) is 1. The smallest absolute Gasteiger partial charge is 1.00 e. The van der Waals surface area contributed by atoms with Gasteiger partial charge in [-0.2, -0.15) is 0 Å². The number of hydrogen-bond donors (Lipinski definition) is 3. The van der Waals surface area contributed by atoms with Crippen LogP contribution in [0.2, 0.25) is 0 Å². The Hall–Kier alpha value is -0.0400. The topological polar surface area (TPSA) is 86.6 Å². The molecule has 3 N–H and O–H groups in total. The van der Waals surface area contributed by atoms with E-state index in [1.165, 1.54) is 82.4 Å². The number of carboxylic acids is 2. The second-order valence-corrected chi connectivity index (χ2v) is 7.23. The zero-order valence-corrected chi connectivity index (χ0v) is 22.6. The minimum absolute atomic E-state index is 0. The molecule has 0 saturated heterocycles. The number of unbranched alkanes of at least 4 members (excludes halogenated alkanes) is 11. The van der Waals surface area contributed by atoms with Crippen LogP contribution in [0, 0.1) is 0 Å². The van der Waals surface area contributed by atoms with Crippen LogP contribution in [0.5, 0.6) is 0 Å². The monoisotopic (exact) mass is 425 g/mol. The van der Waals surface area contributed by atoms with Crippen molar-refractivity contribution in [1.29, 1.82) is 0 Å². The molecule has 29 heavy (non-hydrogen) atoms. The molecule has 1 aromatic carbocycles. The predicted molar refractivity (Wildman–Crippen MR) is 112 cm³/mol. The molecule has 0 aliphatic carbocycles. The molecule has 0 unspecified atom stereocenters. The summed E-state index contributed by atoms with van der Waals surface area (Å²) in [7, 11) is 0. The van der Waals surface area contributed by atoms with Crippen molar-refractivity contribution in [2.45, 2.75) is 84.0 Å². The first-order valence-corrected chi connectivity index (χ1v) is 10.4. The Morgan fingerprint density at radius 3 is 1.48 bits per heavy atom. The second-order valence-electron chi connectivity index (χ2n) is 7.23. The molecule has 1 rings (SSSR count). The van der Waals surface area contributed by atoms with Crippen LogP contribution in [0.1, 0.15) is 108 Å². The average molecular weight is 426 g/mol. The van der Waals surface area contributed by atoms with Crippen LogP contribution in [0.15, 0.2) is 18.2 Å². The van der Waals surface area contributed by atoms with E-state index in [1.807, 2.05) is 0 Å². The van der Waals surface area contributed by atoms with Gasteiger partial charge in [-0.3, -0.25) is 0 Å². The first-order chi connectivity index (χ1) is 13.0. The third kappa shape index (κ3) is 15.4. The molecule has 7 heteroatoms. The molecule has 0 radical (unpaired) electrons. The Morgan fingerprint density at radius 2 is 1.10 bits per heavy atom. The Morgan fingerprint density at radius 1 is 0.724 bits per heavy atom. The molecular weight excluding hydrogens is 388 g/mol. The van der Waals surface area contributed by atoms with Gasteiger partial charge in [0.2, 0.25) is 0 Å². The van der Waals surface area contributed by atoms with Crippen molar-refractivity contribution >= 4 is 17.6 Å². The first kappa shape index (κ1) is 31.1. The number of carbonyl (C=O) groups is 2. The van der Waals surface area contributed by atoms with Gasteiger partial charge in [-0.15, -0.1) is 0 Å². The summed E-state index contributed by atoms with van der Waals surface area (Å²) < 4.78 is 0. The SMILES string of the molecule is CCCCCCCCCCCCCCNc1cc(C(=O)O)cc(C(=O)O)c1.[H-].[H-].[Na+].[Na+]. The Balaban J connectivity index is -0.000000911. The molecule has 0 saturated carbocycles. The largest absolute Gasteiger partial charge is 1.00 e. The third-order valence-corrected chi connectivity index (χ3v) is 4.79. The molecule has 0 aliphatic heterocycles. The predicted octanol–water partition coefficient (Wildman–Crippen LogP) is 0.429. The van der Waals surface area contributed by atoms with Crippen LogP contribution >= 0.6 is 0 Å². The van der Waals surface area contributed by atoms with E-state index in [4.69, 9.17) is 10.2 Å². The quantitative estimate of drug-likeness (QED) is 0.264. The molecule has 1 aromatic rings. The maximum atomic E-state index is 11.1. The van der Waals surface area contributed by atoms with Crippen molar-refractivity contribution in [3.05, 3.63) is 29.3 Å². The van der Waals surface area contributed by atoms with E-state index >= 15 is 0 Å². The number of benzene rings is 1. The van der Waals surface area contributed by atoms with Gasteiger partial charge >= 0.3 is 71.1 Å². The zero-order valence-electron chi connectivity index (χ0n) is 20.6. The van der Waals surface area contributed by atoms with Gasteiger partial charge in [0.05, 0.1) is 11.1 Å². The molecule has 0 bridgehead atoms. The first-order valence-electron chi connectivity index (χ1n) is 10.4. The Kier molecular flexibility index (Phi) is 21.4. The number of carboxylic acid groups (broad SMARTS) is 2. The van der Waals surface area contributed by atoms with Gasteiger partial charge in [-0.25, -0.2) is 9.59 Å². The van der Waals surface area contributed by atoms with Crippen molar-refractivity contribution in [2.75, 3.05) is 11.9 Å². The fourth-order valence-corrected chi connectivity index (χ4v) is 3.18. The summed E-state index contributed by atoms with van der Waals surface area (Å²) in [6, 6.07) is 4.14. The summed E-state index contributed by atoms with van der Waals surface area (Å²) in [5.41, 5.74) is 0.537. The normalized spacial score (nSPS) is 9.97. The van der Waals surface area contributed by atoms with Crippen LogP contribution in [-0.4, -0.2) is 28.7 Å². The number of aromatic carboxylic acids is 2. The van der Waals surface area contributed by atoms with Crippen molar-refractivity contribution in [3.8, 4) is 0 Å². The van der Waals surface area contributed by atoms with Gasteiger partial charge in [0.1, 0.15) is 0 Å². The van der Waals surface area contributed by atoms with Crippen molar-refractivity contribution in [2.24, 2.45) is 0 Å². The zero-order chi connectivity index (χ0) is 19.9. The molecule has 156 valence electrons. The number of anilines is 1. The molecule has 5 nitrogen and oxygen atoms in total. The van der Waals surface area contributed by atoms with Crippen molar-refractivity contribution < 1.29 is 81.8 Å². The van der Waals surface area contributed by atoms with Crippen molar-refractivity contribution in [3.63, 3.8) is 0 Å². The average Bonchev–Trinajstić information content (AvgIpc) is 2.65. The molecule has 0 fully saturated rings. The summed E-state index contributed by atoms with van der Waals surface area (Å²) in [6.45, 7) is 2.97. The van der Waals surface area contributed by atoms with E-state index in [1.54, 1.807) is 0 Å². The van der Waals surface area contributed by atoms with Crippen molar-refractivity contribution in [1.82, 2.24) is 0 Å². The summed E-state index contributed by atoms with van der Waals surface area (Å²) in [5.74, 6) is -2.24. The summed E-state index contributed by atoms with van der Waals surface area (Å²) >= 11 is 0. The van der Waals surface area contributed by atoms with E-state index in [9.17, 15) is 9.59 Å².